The summed E-state index contributed by atoms with van der Waals surface area (Å²) in [5.41, 5.74) is 2.37. The summed E-state index contributed by atoms with van der Waals surface area (Å²) in [7, 11) is 1.68. The van der Waals surface area contributed by atoms with E-state index < -0.39 is 0 Å². The zero-order valence-electron chi connectivity index (χ0n) is 8.85. The van der Waals surface area contributed by atoms with Crippen molar-refractivity contribution in [2.24, 2.45) is 0 Å². The smallest absolute Gasteiger partial charge is 0.121 e. The van der Waals surface area contributed by atoms with E-state index in [-0.39, 0.29) is 5.54 Å². The normalized spacial score (nSPS) is 17.6. The average molecular weight is 192 g/mol. The van der Waals surface area contributed by atoms with E-state index in [4.69, 9.17) is 4.74 Å². The van der Waals surface area contributed by atoms with Gasteiger partial charge in [0.1, 0.15) is 5.75 Å². The Morgan fingerprint density at radius 3 is 2.79 bits per heavy atom. The third-order valence-corrected chi connectivity index (χ3v) is 2.42. The molecule has 2 rings (SSSR count). The second-order valence-electron chi connectivity index (χ2n) is 4.27. The first-order valence-corrected chi connectivity index (χ1v) is 4.81. The van der Waals surface area contributed by atoms with Crippen LogP contribution in [0.2, 0.25) is 0 Å². The molecule has 0 saturated carbocycles. The van der Waals surface area contributed by atoms with Crippen LogP contribution in [0, 0.1) is 0 Å². The average Bonchev–Trinajstić information content (AvgIpc) is 2.16. The molecule has 0 aliphatic carbocycles. The molecule has 1 heterocycles. The van der Waals surface area contributed by atoms with Crippen molar-refractivity contribution in [3.8, 4) is 5.75 Å². The maximum absolute atomic E-state index is 5.16. The summed E-state index contributed by atoms with van der Waals surface area (Å²) >= 11 is 0. The van der Waals surface area contributed by atoms with Crippen LogP contribution in [0.5, 0.6) is 5.75 Å². The highest BCUT2D eigenvalue weighted by Crippen LogP contribution is 2.32. The number of rotatable bonds is 1. The summed E-state index contributed by atoms with van der Waals surface area (Å²) in [6.07, 6.45) is 0. The van der Waals surface area contributed by atoms with Crippen LogP contribution in [0.4, 0.5) is 11.4 Å². The molecule has 0 bridgehead atoms. The Kier molecular flexibility index (Phi) is 2.02. The van der Waals surface area contributed by atoms with E-state index >= 15 is 0 Å². The summed E-state index contributed by atoms with van der Waals surface area (Å²) in [6, 6.07) is 6.02. The van der Waals surface area contributed by atoms with Gasteiger partial charge in [-0.2, -0.15) is 0 Å². The molecule has 3 heteroatoms. The van der Waals surface area contributed by atoms with Crippen molar-refractivity contribution in [2.45, 2.75) is 19.4 Å². The van der Waals surface area contributed by atoms with E-state index in [1.54, 1.807) is 7.11 Å². The zero-order valence-corrected chi connectivity index (χ0v) is 8.85. The summed E-state index contributed by atoms with van der Waals surface area (Å²) in [5, 5.41) is 6.85. The molecule has 3 nitrogen and oxygen atoms in total. The van der Waals surface area contributed by atoms with Gasteiger partial charge in [-0.15, -0.1) is 0 Å². The fourth-order valence-electron chi connectivity index (χ4n) is 1.63. The van der Waals surface area contributed by atoms with E-state index in [0.29, 0.717) is 0 Å². The molecule has 76 valence electrons. The maximum atomic E-state index is 5.16. The number of hydrogen-bond donors (Lipinski definition) is 2. The van der Waals surface area contributed by atoms with Gasteiger partial charge in [-0.3, -0.25) is 0 Å². The second kappa shape index (κ2) is 3.08. The highest BCUT2D eigenvalue weighted by Gasteiger charge is 2.23. The van der Waals surface area contributed by atoms with Crippen molar-refractivity contribution in [1.29, 1.82) is 0 Å². The Balaban J connectivity index is 2.32. The molecule has 0 radical (unpaired) electrons. The zero-order chi connectivity index (χ0) is 10.2. The third-order valence-electron chi connectivity index (χ3n) is 2.42. The van der Waals surface area contributed by atoms with Crippen molar-refractivity contribution in [2.75, 3.05) is 24.3 Å². The number of ether oxygens (including phenoxy) is 1. The Hall–Kier alpha value is -1.38. The minimum Gasteiger partial charge on any atom is -0.497 e. The molecular formula is C11H16N2O. The standard InChI is InChI=1S/C11H16N2O/c1-11(2)7-12-10-6-8(14-3)4-5-9(10)13-11/h4-6,12-13H,7H2,1-3H3. The quantitative estimate of drug-likeness (QED) is 0.716. The summed E-state index contributed by atoms with van der Waals surface area (Å²) < 4.78 is 5.16. The molecule has 0 amide bonds. The molecule has 1 aromatic carbocycles. The Morgan fingerprint density at radius 2 is 2.07 bits per heavy atom. The van der Waals surface area contributed by atoms with Gasteiger partial charge in [0.25, 0.3) is 0 Å². The van der Waals surface area contributed by atoms with Crippen molar-refractivity contribution >= 4 is 11.4 Å². The summed E-state index contributed by atoms with van der Waals surface area (Å²) in [5.74, 6) is 0.887. The van der Waals surface area contributed by atoms with Crippen molar-refractivity contribution < 1.29 is 4.74 Å². The molecular weight excluding hydrogens is 176 g/mol. The minimum atomic E-state index is 0.113. The van der Waals surface area contributed by atoms with Gasteiger partial charge < -0.3 is 15.4 Å². The van der Waals surface area contributed by atoms with Crippen molar-refractivity contribution in [3.05, 3.63) is 18.2 Å². The van der Waals surface area contributed by atoms with Crippen molar-refractivity contribution in [1.82, 2.24) is 0 Å². The lowest BCUT2D eigenvalue weighted by Gasteiger charge is -2.34. The van der Waals surface area contributed by atoms with Crippen LogP contribution in [0.25, 0.3) is 0 Å². The van der Waals surface area contributed by atoms with Crippen LogP contribution in [0.3, 0.4) is 0 Å². The summed E-state index contributed by atoms with van der Waals surface area (Å²) in [4.78, 5) is 0. The number of anilines is 2. The minimum absolute atomic E-state index is 0.113. The number of hydrogen-bond acceptors (Lipinski definition) is 3. The van der Waals surface area contributed by atoms with Gasteiger partial charge in [0.2, 0.25) is 0 Å². The van der Waals surface area contributed by atoms with Crippen molar-refractivity contribution in [3.63, 3.8) is 0 Å². The first kappa shape index (κ1) is 9.19. The molecule has 0 aromatic heterocycles. The highest BCUT2D eigenvalue weighted by molar-refractivity contribution is 5.73. The molecule has 1 aliphatic rings. The molecule has 1 aromatic rings. The van der Waals surface area contributed by atoms with Crippen LogP contribution in [-0.4, -0.2) is 19.2 Å². The molecule has 0 unspecified atom stereocenters. The SMILES string of the molecule is COc1ccc2c(c1)NCC(C)(C)N2. The second-order valence-corrected chi connectivity index (χ2v) is 4.27. The third kappa shape index (κ3) is 1.62. The maximum Gasteiger partial charge on any atom is 0.121 e. The van der Waals surface area contributed by atoms with E-state index in [1.807, 2.05) is 18.2 Å². The van der Waals surface area contributed by atoms with E-state index in [1.165, 1.54) is 0 Å². The topological polar surface area (TPSA) is 33.3 Å². The van der Waals surface area contributed by atoms with Crippen LogP contribution in [-0.2, 0) is 0 Å². The Morgan fingerprint density at radius 1 is 1.29 bits per heavy atom. The fraction of sp³-hybridized carbons (Fsp3) is 0.455. The molecule has 0 spiro atoms. The monoisotopic (exact) mass is 192 g/mol. The van der Waals surface area contributed by atoms with Crippen LogP contribution >= 0.6 is 0 Å². The highest BCUT2D eigenvalue weighted by atomic mass is 16.5. The van der Waals surface area contributed by atoms with Crippen LogP contribution in [0.15, 0.2) is 18.2 Å². The first-order chi connectivity index (χ1) is 6.61. The van der Waals surface area contributed by atoms with Gasteiger partial charge in [-0.1, -0.05) is 0 Å². The van der Waals surface area contributed by atoms with Gasteiger partial charge in [0, 0.05) is 18.2 Å². The van der Waals surface area contributed by atoms with Gasteiger partial charge in [0.15, 0.2) is 0 Å². The number of fused-ring (bicyclic) bond motifs is 1. The first-order valence-electron chi connectivity index (χ1n) is 4.81. The molecule has 2 N–H and O–H groups in total. The summed E-state index contributed by atoms with van der Waals surface area (Å²) in [6.45, 7) is 5.27. The Labute approximate surface area is 84.5 Å². The molecule has 0 fully saturated rings. The molecule has 0 atom stereocenters. The van der Waals surface area contributed by atoms with Crippen LogP contribution < -0.4 is 15.4 Å². The lowest BCUT2D eigenvalue weighted by Crippen LogP contribution is -2.42. The lowest BCUT2D eigenvalue weighted by molar-refractivity contribution is 0.415. The predicted octanol–water partition coefficient (Wildman–Crippen LogP) is 2.31. The number of methoxy groups -OCH3 is 1. The van der Waals surface area contributed by atoms with E-state index in [2.05, 4.69) is 24.5 Å². The number of benzene rings is 1. The molecule has 1 aliphatic heterocycles. The Bertz CT molecular complexity index is 347. The predicted molar refractivity (Wildman–Crippen MR) is 59.2 cm³/mol. The van der Waals surface area contributed by atoms with Gasteiger partial charge >= 0.3 is 0 Å². The van der Waals surface area contributed by atoms with E-state index in [0.717, 1.165) is 23.7 Å². The lowest BCUT2D eigenvalue weighted by atomic mass is 10.0. The number of nitrogens with one attached hydrogen (secondary N) is 2. The molecule has 14 heavy (non-hydrogen) atoms. The van der Waals surface area contributed by atoms with Gasteiger partial charge in [-0.25, -0.2) is 0 Å². The fourth-order valence-corrected chi connectivity index (χ4v) is 1.63. The van der Waals surface area contributed by atoms with Gasteiger partial charge in [0.05, 0.1) is 18.5 Å². The van der Waals surface area contributed by atoms with Crippen LogP contribution in [0.1, 0.15) is 13.8 Å². The van der Waals surface area contributed by atoms with E-state index in [9.17, 15) is 0 Å². The van der Waals surface area contributed by atoms with Gasteiger partial charge in [-0.05, 0) is 26.0 Å². The molecule has 0 saturated heterocycles. The largest absolute Gasteiger partial charge is 0.497 e.